The predicted molar refractivity (Wildman–Crippen MR) is 215 cm³/mol. The van der Waals surface area contributed by atoms with Crippen molar-refractivity contribution >= 4 is 7.82 Å². The molecule has 0 radical (unpaired) electrons. The van der Waals surface area contributed by atoms with Crippen molar-refractivity contribution in [2.24, 2.45) is 0 Å². The first-order chi connectivity index (χ1) is 23.2. The van der Waals surface area contributed by atoms with Gasteiger partial charge in [-0.15, -0.1) is 0 Å². The van der Waals surface area contributed by atoms with Gasteiger partial charge in [0.05, 0.1) is 69.8 Å². The normalized spacial score (nSPS) is 12.0. The lowest BCUT2D eigenvalue weighted by Gasteiger charge is -2.28. The average molecular weight is 721 g/mol. The third-order valence-electron chi connectivity index (χ3n) is 9.11. The van der Waals surface area contributed by atoms with Gasteiger partial charge in [-0.2, -0.15) is 0 Å². The van der Waals surface area contributed by atoms with Gasteiger partial charge >= 0.3 is 0 Å². The van der Waals surface area contributed by atoms with E-state index in [1.807, 2.05) is 6.92 Å². The van der Waals surface area contributed by atoms with Crippen molar-refractivity contribution in [2.75, 3.05) is 62.0 Å². The van der Waals surface area contributed by atoms with Crippen LogP contribution in [0.25, 0.3) is 0 Å². The zero-order valence-electron chi connectivity index (χ0n) is 35.3. The molecule has 0 aliphatic rings. The number of nitrogens with zero attached hydrogens (tertiary/aromatic N) is 2. The largest absolute Gasteiger partial charge is 0.790 e. The maximum Gasteiger partial charge on any atom is 0.0780 e. The highest BCUT2D eigenvalue weighted by atomic mass is 31.2. The maximum atomic E-state index is 9.76. The molecule has 0 saturated carbocycles. The van der Waals surface area contributed by atoms with Gasteiger partial charge in [0, 0.05) is 0 Å². The molecule has 6 nitrogen and oxygen atoms in total. The highest BCUT2D eigenvalue weighted by Crippen LogP contribution is 2.24. The molecule has 0 fully saturated rings. The van der Waals surface area contributed by atoms with Gasteiger partial charge in [-0.3, -0.25) is 0 Å². The first kappa shape index (κ1) is 53.4. The van der Waals surface area contributed by atoms with Gasteiger partial charge in [0.1, 0.15) is 0 Å². The molecule has 0 spiro atoms. The first-order valence-corrected chi connectivity index (χ1v) is 22.9. The van der Waals surface area contributed by atoms with Gasteiger partial charge in [0.2, 0.25) is 0 Å². The monoisotopic (exact) mass is 721 g/mol. The first-order valence-electron chi connectivity index (χ1n) is 21.5. The molecule has 7 heteroatoms. The highest BCUT2D eigenvalue weighted by molar-refractivity contribution is 7.43. The van der Waals surface area contributed by atoms with E-state index < -0.39 is 7.82 Å². The SMILES string of the molecule is CCCCCCCCCCCCCCCC[N+](C)(C)C.CCCCCCCCCCCCCCCC[N+](C)(C)C.CCCCOP(=O)([O-])[O-]. The fourth-order valence-corrected chi connectivity index (χ4v) is 6.23. The molecule has 0 amide bonds. The Balaban J connectivity index is -0.000000695. The van der Waals surface area contributed by atoms with Crippen LogP contribution in [-0.4, -0.2) is 70.9 Å². The fourth-order valence-electron chi connectivity index (χ4n) is 5.88. The van der Waals surface area contributed by atoms with Crippen LogP contribution in [0.2, 0.25) is 0 Å². The van der Waals surface area contributed by atoms with Crippen LogP contribution in [0, 0.1) is 0 Å². The zero-order valence-corrected chi connectivity index (χ0v) is 36.2. The molecule has 0 N–H and O–H groups in total. The summed E-state index contributed by atoms with van der Waals surface area (Å²) >= 11 is 0. The van der Waals surface area contributed by atoms with Gasteiger partial charge in [-0.1, -0.05) is 181 Å². The minimum Gasteiger partial charge on any atom is -0.790 e. The minimum absolute atomic E-state index is 0.0147. The average Bonchev–Trinajstić information content (AvgIpc) is 3.00. The molecular weight excluding hydrogens is 627 g/mol. The fraction of sp³-hybridized carbons (Fsp3) is 1.00. The number of phosphoric acid groups is 1. The molecule has 0 rings (SSSR count). The van der Waals surface area contributed by atoms with Gasteiger partial charge in [0.15, 0.2) is 0 Å². The number of unbranched alkanes of at least 4 members (excludes halogenated alkanes) is 27. The summed E-state index contributed by atoms with van der Waals surface area (Å²) in [5, 5.41) is 0. The second-order valence-corrected chi connectivity index (χ2v) is 18.0. The summed E-state index contributed by atoms with van der Waals surface area (Å²) in [6.45, 7) is 9.14. The Morgan fingerprint density at radius 1 is 0.367 bits per heavy atom. The second kappa shape index (κ2) is 39.2. The third-order valence-corrected chi connectivity index (χ3v) is 9.61. The van der Waals surface area contributed by atoms with Crippen molar-refractivity contribution in [1.29, 1.82) is 0 Å². The molecular formula is C42H93N2O4P. The summed E-state index contributed by atoms with van der Waals surface area (Å²) in [6, 6.07) is 0. The van der Waals surface area contributed by atoms with Gasteiger partial charge in [-0.25, -0.2) is 0 Å². The summed E-state index contributed by atoms with van der Waals surface area (Å²) in [5.41, 5.74) is 0. The smallest absolute Gasteiger partial charge is 0.0780 e. The summed E-state index contributed by atoms with van der Waals surface area (Å²) in [7, 11) is 9.07. The molecule has 0 heterocycles. The van der Waals surface area contributed by atoms with Crippen molar-refractivity contribution < 1.29 is 27.8 Å². The number of phosphoric ester groups is 1. The van der Waals surface area contributed by atoms with E-state index in [2.05, 4.69) is 60.7 Å². The van der Waals surface area contributed by atoms with Crippen LogP contribution in [0.15, 0.2) is 0 Å². The number of quaternary nitrogens is 2. The zero-order chi connectivity index (χ0) is 37.5. The molecule has 0 bridgehead atoms. The molecule has 0 saturated heterocycles. The van der Waals surface area contributed by atoms with Crippen LogP contribution in [0.5, 0.6) is 0 Å². The lowest BCUT2D eigenvalue weighted by molar-refractivity contribution is -0.870. The molecule has 0 unspecified atom stereocenters. The van der Waals surface area contributed by atoms with E-state index >= 15 is 0 Å². The number of rotatable bonds is 34. The van der Waals surface area contributed by atoms with Crippen molar-refractivity contribution in [2.45, 2.75) is 213 Å². The quantitative estimate of drug-likeness (QED) is 0.0377. The molecule has 0 aromatic carbocycles. The number of hydrogen-bond donors (Lipinski definition) is 0. The summed E-state index contributed by atoms with van der Waals surface area (Å²) in [4.78, 5) is 19.5. The Hall–Kier alpha value is 0.0300. The van der Waals surface area contributed by atoms with E-state index in [1.54, 1.807) is 0 Å². The molecule has 49 heavy (non-hydrogen) atoms. The van der Waals surface area contributed by atoms with Crippen LogP contribution < -0.4 is 9.79 Å². The Bertz CT molecular complexity index is 616. The van der Waals surface area contributed by atoms with Gasteiger partial charge < -0.3 is 27.8 Å². The van der Waals surface area contributed by atoms with Gasteiger partial charge in [0.25, 0.3) is 0 Å². The molecule has 0 aliphatic carbocycles. The van der Waals surface area contributed by atoms with E-state index in [0.29, 0.717) is 6.42 Å². The van der Waals surface area contributed by atoms with Crippen molar-refractivity contribution in [3.63, 3.8) is 0 Å². The Morgan fingerprint density at radius 3 is 0.755 bits per heavy atom. The van der Waals surface area contributed by atoms with Crippen LogP contribution in [-0.2, 0) is 9.09 Å². The van der Waals surface area contributed by atoms with Crippen LogP contribution in [0.3, 0.4) is 0 Å². The Labute approximate surface area is 310 Å². The van der Waals surface area contributed by atoms with Crippen molar-refractivity contribution in [3.8, 4) is 0 Å². The third kappa shape index (κ3) is 63.5. The topological polar surface area (TPSA) is 72.4 Å². The minimum atomic E-state index is -4.70. The maximum absolute atomic E-state index is 9.76. The van der Waals surface area contributed by atoms with E-state index in [-0.39, 0.29) is 6.61 Å². The second-order valence-electron chi connectivity index (χ2n) is 16.9. The lowest BCUT2D eigenvalue weighted by atomic mass is 10.0. The summed E-state index contributed by atoms with van der Waals surface area (Å²) in [5.74, 6) is 0. The standard InChI is InChI=1S/2C19H42N.C4H11O4P/c2*1-5-6-7-8-9-10-11-12-13-14-15-16-17-18-19-20(2,3)4;1-2-3-4-8-9(5,6)7/h2*5-19H2,1-4H3;2-4H2,1H3,(H2,5,6,7)/q2*+1;/p-2. The molecule has 300 valence electrons. The van der Waals surface area contributed by atoms with Crippen molar-refractivity contribution in [3.05, 3.63) is 0 Å². The summed E-state index contributed by atoms with van der Waals surface area (Å²) < 4.78 is 15.9. The van der Waals surface area contributed by atoms with E-state index in [0.717, 1.165) is 15.4 Å². The number of hydrogen-bond acceptors (Lipinski definition) is 4. The lowest BCUT2D eigenvalue weighted by Crippen LogP contribution is -2.35. The van der Waals surface area contributed by atoms with Crippen LogP contribution in [0.4, 0.5) is 0 Å². The van der Waals surface area contributed by atoms with E-state index in [9.17, 15) is 14.4 Å². The van der Waals surface area contributed by atoms with Gasteiger partial charge in [-0.05, 0) is 32.1 Å². The van der Waals surface area contributed by atoms with E-state index in [1.165, 1.54) is 193 Å². The Kier molecular flexibility index (Phi) is 42.8. The molecule has 0 aromatic heterocycles. The molecule has 0 atom stereocenters. The molecule has 0 aromatic rings. The van der Waals surface area contributed by atoms with Crippen LogP contribution >= 0.6 is 7.82 Å². The highest BCUT2D eigenvalue weighted by Gasteiger charge is 2.06. The van der Waals surface area contributed by atoms with Crippen LogP contribution in [0.1, 0.15) is 213 Å². The Morgan fingerprint density at radius 2 is 0.571 bits per heavy atom. The molecule has 0 aliphatic heterocycles. The summed E-state index contributed by atoms with van der Waals surface area (Å²) in [6.07, 6.45) is 42.2. The predicted octanol–water partition coefficient (Wildman–Crippen LogP) is 12.0. The van der Waals surface area contributed by atoms with E-state index in [4.69, 9.17) is 0 Å². The van der Waals surface area contributed by atoms with Crippen molar-refractivity contribution in [1.82, 2.24) is 0 Å².